The first kappa shape index (κ1) is 18.3. The summed E-state index contributed by atoms with van der Waals surface area (Å²) in [7, 11) is 5.81. The molecule has 144 valence electrons. The molecule has 0 aliphatic carbocycles. The van der Waals surface area contributed by atoms with Gasteiger partial charge in [-0.3, -0.25) is 9.69 Å². The number of rotatable bonds is 4. The van der Waals surface area contributed by atoms with Crippen molar-refractivity contribution in [2.75, 3.05) is 27.2 Å². The van der Waals surface area contributed by atoms with Crippen molar-refractivity contribution in [3.8, 4) is 16.9 Å². The molecule has 2 bridgehead atoms. The lowest BCUT2D eigenvalue weighted by Gasteiger charge is -2.32. The molecular formula is C22H29N3O2. The van der Waals surface area contributed by atoms with E-state index in [9.17, 15) is 4.79 Å². The Morgan fingerprint density at radius 2 is 1.89 bits per heavy atom. The zero-order valence-corrected chi connectivity index (χ0v) is 17.0. The number of fused-ring (bicyclic) bond motifs is 2. The Morgan fingerprint density at radius 3 is 2.52 bits per heavy atom. The average Bonchev–Trinajstić information content (AvgIpc) is 3.22. The van der Waals surface area contributed by atoms with Gasteiger partial charge in [0.1, 0.15) is 5.75 Å². The Balaban J connectivity index is 1.64. The second kappa shape index (κ2) is 6.80. The summed E-state index contributed by atoms with van der Waals surface area (Å²) in [5, 5.41) is 0. The molecule has 0 saturated carbocycles. The Bertz CT molecular complexity index is 932. The van der Waals surface area contributed by atoms with Gasteiger partial charge < -0.3 is 14.2 Å². The molecule has 2 fully saturated rings. The molecule has 0 N–H and O–H groups in total. The molecule has 4 rings (SSSR count). The number of aryl methyl sites for hydroxylation is 1. The summed E-state index contributed by atoms with van der Waals surface area (Å²) in [6.45, 7) is 7.11. The van der Waals surface area contributed by atoms with Crippen molar-refractivity contribution in [2.24, 2.45) is 7.05 Å². The van der Waals surface area contributed by atoms with E-state index in [2.05, 4.69) is 35.0 Å². The van der Waals surface area contributed by atoms with E-state index in [0.717, 1.165) is 41.2 Å². The maximum absolute atomic E-state index is 12.2. The molecule has 3 heterocycles. The number of likely N-dealkylation sites (N-methyl/N-ethyl adjacent to an activating group) is 1. The summed E-state index contributed by atoms with van der Waals surface area (Å²) >= 11 is 0. The second-order valence-corrected chi connectivity index (χ2v) is 8.13. The summed E-state index contributed by atoms with van der Waals surface area (Å²) in [6.07, 6.45) is 1.29. The van der Waals surface area contributed by atoms with Crippen LogP contribution in [-0.4, -0.2) is 53.7 Å². The molecule has 27 heavy (non-hydrogen) atoms. The predicted octanol–water partition coefficient (Wildman–Crippen LogP) is 2.57. The van der Waals surface area contributed by atoms with Gasteiger partial charge in [0.25, 0.3) is 5.56 Å². The van der Waals surface area contributed by atoms with Crippen molar-refractivity contribution in [1.29, 1.82) is 0 Å². The number of likely N-dealkylation sites (tertiary alicyclic amines) is 2. The number of ether oxygens (including phenoxy) is 1. The van der Waals surface area contributed by atoms with Gasteiger partial charge in [0.2, 0.25) is 0 Å². The van der Waals surface area contributed by atoms with Crippen LogP contribution in [0, 0.1) is 13.8 Å². The first-order valence-corrected chi connectivity index (χ1v) is 9.68. The largest absolute Gasteiger partial charge is 0.496 e. The topological polar surface area (TPSA) is 37.7 Å². The van der Waals surface area contributed by atoms with Crippen LogP contribution in [0.1, 0.15) is 23.2 Å². The number of piperazine rings is 1. The van der Waals surface area contributed by atoms with E-state index in [-0.39, 0.29) is 5.56 Å². The monoisotopic (exact) mass is 367 g/mol. The second-order valence-electron chi connectivity index (χ2n) is 8.13. The lowest BCUT2D eigenvalue weighted by atomic mass is 10.00. The van der Waals surface area contributed by atoms with Crippen LogP contribution in [0.15, 0.2) is 29.1 Å². The molecule has 2 aliphatic rings. The van der Waals surface area contributed by atoms with E-state index in [1.807, 2.05) is 27.0 Å². The van der Waals surface area contributed by atoms with Gasteiger partial charge in [-0.05, 0) is 45.0 Å². The van der Waals surface area contributed by atoms with E-state index in [1.165, 1.54) is 18.5 Å². The predicted molar refractivity (Wildman–Crippen MR) is 108 cm³/mol. The number of aromatic nitrogens is 1. The molecule has 5 nitrogen and oxygen atoms in total. The molecule has 1 aromatic carbocycles. The van der Waals surface area contributed by atoms with Gasteiger partial charge in [-0.25, -0.2) is 0 Å². The maximum atomic E-state index is 12.2. The van der Waals surface area contributed by atoms with Gasteiger partial charge in [0, 0.05) is 61.1 Å². The number of hydrogen-bond acceptors (Lipinski definition) is 4. The van der Waals surface area contributed by atoms with Gasteiger partial charge in [0.05, 0.1) is 7.11 Å². The SMILES string of the molecule is COc1cc(-c2cc(C)c(=O)n(C)c2C)ccc1CN1C[C@@H]2CC1CN2C. The third kappa shape index (κ3) is 3.09. The third-order valence-corrected chi connectivity index (χ3v) is 6.50. The molecule has 2 atom stereocenters. The average molecular weight is 367 g/mol. The van der Waals surface area contributed by atoms with E-state index in [1.54, 1.807) is 11.7 Å². The highest BCUT2D eigenvalue weighted by molar-refractivity contribution is 5.69. The van der Waals surface area contributed by atoms with Crippen molar-refractivity contribution in [3.63, 3.8) is 0 Å². The van der Waals surface area contributed by atoms with Crippen LogP contribution >= 0.6 is 0 Å². The number of pyridine rings is 1. The third-order valence-electron chi connectivity index (χ3n) is 6.50. The van der Waals surface area contributed by atoms with Gasteiger partial charge in [0.15, 0.2) is 0 Å². The Kier molecular flexibility index (Phi) is 4.60. The van der Waals surface area contributed by atoms with E-state index in [4.69, 9.17) is 4.74 Å². The normalized spacial score (nSPS) is 22.6. The smallest absolute Gasteiger partial charge is 0.253 e. The zero-order valence-electron chi connectivity index (χ0n) is 17.0. The summed E-state index contributed by atoms with van der Waals surface area (Å²) in [5.74, 6) is 0.925. The lowest BCUT2D eigenvalue weighted by Crippen LogP contribution is -2.43. The molecule has 2 aliphatic heterocycles. The minimum Gasteiger partial charge on any atom is -0.496 e. The van der Waals surface area contributed by atoms with E-state index in [0.29, 0.717) is 12.1 Å². The van der Waals surface area contributed by atoms with Crippen molar-refractivity contribution in [3.05, 3.63) is 51.4 Å². The first-order valence-electron chi connectivity index (χ1n) is 9.68. The fourth-order valence-electron chi connectivity index (χ4n) is 4.68. The van der Waals surface area contributed by atoms with Gasteiger partial charge in [-0.2, -0.15) is 0 Å². The van der Waals surface area contributed by atoms with Crippen LogP contribution < -0.4 is 10.3 Å². The van der Waals surface area contributed by atoms with Crippen LogP contribution in [0.25, 0.3) is 11.1 Å². The molecule has 1 aromatic heterocycles. The molecule has 0 amide bonds. The van der Waals surface area contributed by atoms with Crippen LogP contribution in [0.5, 0.6) is 5.75 Å². The summed E-state index contributed by atoms with van der Waals surface area (Å²) < 4.78 is 7.46. The minimum absolute atomic E-state index is 0.0638. The van der Waals surface area contributed by atoms with Crippen molar-refractivity contribution >= 4 is 0 Å². The van der Waals surface area contributed by atoms with Gasteiger partial charge in [-0.15, -0.1) is 0 Å². The number of nitrogens with zero attached hydrogens (tertiary/aromatic N) is 3. The first-order chi connectivity index (χ1) is 12.9. The maximum Gasteiger partial charge on any atom is 0.253 e. The Hall–Kier alpha value is -2.11. The van der Waals surface area contributed by atoms with Crippen LogP contribution in [0.3, 0.4) is 0 Å². The summed E-state index contributed by atoms with van der Waals surface area (Å²) in [6, 6.07) is 9.81. The fraction of sp³-hybridized carbons (Fsp3) is 0.500. The van der Waals surface area contributed by atoms with Crippen LogP contribution in [-0.2, 0) is 13.6 Å². The summed E-state index contributed by atoms with van der Waals surface area (Å²) in [4.78, 5) is 17.2. The lowest BCUT2D eigenvalue weighted by molar-refractivity contribution is 0.142. The zero-order chi connectivity index (χ0) is 19.3. The highest BCUT2D eigenvalue weighted by Gasteiger charge is 2.41. The minimum atomic E-state index is 0.0638. The number of methoxy groups -OCH3 is 1. The molecule has 2 aromatic rings. The van der Waals surface area contributed by atoms with Crippen molar-refractivity contribution in [2.45, 2.75) is 38.9 Å². The standard InChI is InChI=1S/C22H29N3O2/c1-14-8-20(15(2)24(4)22(14)26)16-6-7-17(21(9-16)27-5)11-25-13-18-10-19(25)12-23(18)3/h6-9,18-19H,10-13H2,1-5H3/t18-,19?/m0/s1. The number of benzene rings is 1. The van der Waals surface area contributed by atoms with Crippen molar-refractivity contribution < 1.29 is 4.74 Å². The van der Waals surface area contributed by atoms with Gasteiger partial charge in [-0.1, -0.05) is 12.1 Å². The highest BCUT2D eigenvalue weighted by atomic mass is 16.5. The summed E-state index contributed by atoms with van der Waals surface area (Å²) in [5.41, 5.74) is 5.21. The molecule has 1 unspecified atom stereocenters. The molecule has 2 saturated heterocycles. The van der Waals surface area contributed by atoms with Gasteiger partial charge >= 0.3 is 0 Å². The molecule has 5 heteroatoms. The molecule has 0 spiro atoms. The van der Waals surface area contributed by atoms with Crippen molar-refractivity contribution in [1.82, 2.24) is 14.4 Å². The van der Waals surface area contributed by atoms with E-state index < -0.39 is 0 Å². The van der Waals surface area contributed by atoms with Crippen LogP contribution in [0.2, 0.25) is 0 Å². The quantitative estimate of drug-likeness (QED) is 0.832. The van der Waals surface area contributed by atoms with Crippen LogP contribution in [0.4, 0.5) is 0 Å². The van der Waals surface area contributed by atoms with E-state index >= 15 is 0 Å². The highest BCUT2D eigenvalue weighted by Crippen LogP contribution is 2.34. The molecular weight excluding hydrogens is 338 g/mol. The number of hydrogen-bond donors (Lipinski definition) is 0. The Labute approximate surface area is 161 Å². The Morgan fingerprint density at radius 1 is 1.11 bits per heavy atom. The molecule has 0 radical (unpaired) electrons. The fourth-order valence-corrected chi connectivity index (χ4v) is 4.68.